The number of nitrogens with one attached hydrogen (secondary N) is 1. The normalized spacial score (nSPS) is 11.9. The topological polar surface area (TPSA) is 62.2 Å². The summed E-state index contributed by atoms with van der Waals surface area (Å²) in [6.07, 6.45) is 2.64. The molecule has 0 saturated carbocycles. The first-order chi connectivity index (χ1) is 14.4. The van der Waals surface area contributed by atoms with E-state index in [1.807, 2.05) is 73.7 Å². The molecular formula is C25H21ClN2O2. The fourth-order valence-electron chi connectivity index (χ4n) is 2.94. The van der Waals surface area contributed by atoms with E-state index in [2.05, 4.69) is 22.1 Å². The number of aromatic nitrogens is 1. The van der Waals surface area contributed by atoms with Crippen LogP contribution in [0.25, 0.3) is 16.7 Å². The van der Waals surface area contributed by atoms with E-state index in [0.717, 1.165) is 27.8 Å². The number of halogens is 1. The molecule has 0 saturated heterocycles. The number of allylic oxidation sites excluding steroid dienone is 1. The van der Waals surface area contributed by atoms with E-state index in [-0.39, 0.29) is 6.04 Å². The highest BCUT2D eigenvalue weighted by Gasteiger charge is 2.03. The largest absolute Gasteiger partial charge is 0.465 e. The molecule has 0 fully saturated rings. The fraction of sp³-hybridized carbons (Fsp3) is 0.120. The van der Waals surface area contributed by atoms with Crippen LogP contribution in [0.15, 0.2) is 72.9 Å². The molecule has 30 heavy (non-hydrogen) atoms. The van der Waals surface area contributed by atoms with Crippen molar-refractivity contribution >= 4 is 23.3 Å². The number of pyridine rings is 1. The lowest BCUT2D eigenvalue weighted by molar-refractivity contribution is 0.193. The molecule has 0 spiro atoms. The second-order valence-electron chi connectivity index (χ2n) is 6.85. The molecule has 0 unspecified atom stereocenters. The lowest BCUT2D eigenvalue weighted by Crippen LogP contribution is -2.29. The highest BCUT2D eigenvalue weighted by atomic mass is 35.5. The van der Waals surface area contributed by atoms with Gasteiger partial charge in [-0.1, -0.05) is 53.9 Å². The minimum atomic E-state index is -1.04. The number of amides is 1. The van der Waals surface area contributed by atoms with Gasteiger partial charge in [-0.15, -0.1) is 0 Å². The van der Waals surface area contributed by atoms with E-state index >= 15 is 0 Å². The third kappa shape index (κ3) is 5.97. The Balaban J connectivity index is 1.68. The van der Waals surface area contributed by atoms with Gasteiger partial charge in [0.25, 0.3) is 0 Å². The second kappa shape index (κ2) is 9.78. The van der Waals surface area contributed by atoms with E-state index in [9.17, 15) is 4.79 Å². The van der Waals surface area contributed by atoms with Crippen molar-refractivity contribution in [3.8, 4) is 23.0 Å². The maximum atomic E-state index is 10.7. The van der Waals surface area contributed by atoms with Crippen LogP contribution in [-0.2, 0) is 0 Å². The number of benzene rings is 2. The van der Waals surface area contributed by atoms with Crippen LogP contribution in [-0.4, -0.2) is 22.2 Å². The molecule has 5 heteroatoms. The van der Waals surface area contributed by atoms with Gasteiger partial charge in [-0.25, -0.2) is 9.78 Å². The maximum Gasteiger partial charge on any atom is 0.405 e. The predicted molar refractivity (Wildman–Crippen MR) is 121 cm³/mol. The van der Waals surface area contributed by atoms with E-state index in [1.165, 1.54) is 0 Å². The van der Waals surface area contributed by atoms with Crippen LogP contribution in [0.2, 0.25) is 5.02 Å². The van der Waals surface area contributed by atoms with Crippen molar-refractivity contribution in [1.82, 2.24) is 10.3 Å². The van der Waals surface area contributed by atoms with Crippen LogP contribution < -0.4 is 5.32 Å². The Hall–Kier alpha value is -3.55. The predicted octanol–water partition coefficient (Wildman–Crippen LogP) is 5.86. The fourth-order valence-corrected chi connectivity index (χ4v) is 3.07. The van der Waals surface area contributed by atoms with Gasteiger partial charge in [0, 0.05) is 28.4 Å². The average molecular weight is 417 g/mol. The van der Waals surface area contributed by atoms with Gasteiger partial charge in [0.2, 0.25) is 0 Å². The van der Waals surface area contributed by atoms with Crippen molar-refractivity contribution in [1.29, 1.82) is 0 Å². The summed E-state index contributed by atoms with van der Waals surface area (Å²) in [4.78, 5) is 15.1. The molecule has 1 amide bonds. The zero-order chi connectivity index (χ0) is 21.5. The van der Waals surface area contributed by atoms with Crippen LogP contribution in [0.3, 0.4) is 0 Å². The lowest BCUT2D eigenvalue weighted by Gasteiger charge is -2.08. The summed E-state index contributed by atoms with van der Waals surface area (Å²) in [5.41, 5.74) is 5.65. The summed E-state index contributed by atoms with van der Waals surface area (Å²) in [6.45, 7) is 3.75. The maximum absolute atomic E-state index is 10.7. The number of carboxylic acid groups (broad SMARTS) is 1. The molecular weight excluding hydrogens is 396 g/mol. The summed E-state index contributed by atoms with van der Waals surface area (Å²) in [7, 11) is 0. The van der Waals surface area contributed by atoms with E-state index in [4.69, 9.17) is 16.7 Å². The van der Waals surface area contributed by atoms with Gasteiger partial charge in [0.05, 0.1) is 0 Å². The van der Waals surface area contributed by atoms with E-state index in [1.54, 1.807) is 13.1 Å². The molecule has 4 nitrogen and oxygen atoms in total. The summed E-state index contributed by atoms with van der Waals surface area (Å²) in [5.74, 6) is 6.20. The molecule has 0 bridgehead atoms. The Labute approximate surface area is 181 Å². The molecule has 0 radical (unpaired) electrons. The number of rotatable bonds is 4. The van der Waals surface area contributed by atoms with Gasteiger partial charge in [-0.05, 0) is 66.8 Å². The van der Waals surface area contributed by atoms with Gasteiger partial charge in [0.1, 0.15) is 5.69 Å². The number of hydrogen-bond acceptors (Lipinski definition) is 2. The van der Waals surface area contributed by atoms with Crippen molar-refractivity contribution < 1.29 is 9.90 Å². The Kier molecular flexibility index (Phi) is 6.90. The Bertz CT molecular complexity index is 1110. The van der Waals surface area contributed by atoms with Crippen LogP contribution in [0.5, 0.6) is 0 Å². The molecule has 0 aliphatic heterocycles. The van der Waals surface area contributed by atoms with Gasteiger partial charge < -0.3 is 10.4 Å². The van der Waals surface area contributed by atoms with Gasteiger partial charge in [-0.2, -0.15) is 0 Å². The molecule has 1 aromatic heterocycles. The van der Waals surface area contributed by atoms with Gasteiger partial charge >= 0.3 is 6.09 Å². The zero-order valence-electron chi connectivity index (χ0n) is 16.7. The Morgan fingerprint density at radius 1 is 1.03 bits per heavy atom. The van der Waals surface area contributed by atoms with Crippen molar-refractivity contribution in [2.75, 3.05) is 0 Å². The minimum absolute atomic E-state index is 0.260. The average Bonchev–Trinajstić information content (AvgIpc) is 2.73. The summed E-state index contributed by atoms with van der Waals surface area (Å²) in [5, 5.41) is 11.9. The number of nitrogens with zero attached hydrogens (tertiary/aromatic N) is 1. The third-order valence-corrected chi connectivity index (χ3v) is 4.72. The first-order valence-electron chi connectivity index (χ1n) is 9.43. The molecule has 0 aliphatic rings. The molecule has 3 aromatic rings. The van der Waals surface area contributed by atoms with E-state index < -0.39 is 6.09 Å². The third-order valence-electron chi connectivity index (χ3n) is 4.47. The molecule has 2 aromatic carbocycles. The van der Waals surface area contributed by atoms with E-state index in [0.29, 0.717) is 10.7 Å². The quantitative estimate of drug-likeness (QED) is 0.523. The summed E-state index contributed by atoms with van der Waals surface area (Å²) < 4.78 is 0. The molecule has 150 valence electrons. The Morgan fingerprint density at radius 2 is 1.70 bits per heavy atom. The van der Waals surface area contributed by atoms with Gasteiger partial charge in [0.15, 0.2) is 0 Å². The van der Waals surface area contributed by atoms with Gasteiger partial charge in [-0.3, -0.25) is 0 Å². The summed E-state index contributed by atoms with van der Waals surface area (Å²) >= 11 is 5.93. The highest BCUT2D eigenvalue weighted by Crippen LogP contribution is 2.21. The van der Waals surface area contributed by atoms with Crippen molar-refractivity contribution in [2.45, 2.75) is 19.9 Å². The van der Waals surface area contributed by atoms with Crippen molar-refractivity contribution in [3.63, 3.8) is 0 Å². The standard InChI is InChI=1S/C25H21ClN2O2/c1-17(15-18(2)28-25(29)30)20-6-3-19(4-7-20)5-13-24-14-10-22(16-27-24)21-8-11-23(26)12-9-21/h3-4,6-12,14-16,18,28H,1-2H3,(H,29,30)/b17-15+/t18-/m1/s1. The lowest BCUT2D eigenvalue weighted by atomic mass is 10.0. The summed E-state index contributed by atoms with van der Waals surface area (Å²) in [6, 6.07) is 19.1. The van der Waals surface area contributed by atoms with Crippen LogP contribution in [0.1, 0.15) is 30.7 Å². The number of carbonyl (C=O) groups is 1. The first kappa shape index (κ1) is 21.2. The molecule has 3 rings (SSSR count). The van der Waals surface area contributed by atoms with Crippen LogP contribution >= 0.6 is 11.6 Å². The molecule has 1 atom stereocenters. The van der Waals surface area contributed by atoms with Crippen LogP contribution in [0.4, 0.5) is 4.79 Å². The molecule has 0 aliphatic carbocycles. The monoisotopic (exact) mass is 416 g/mol. The highest BCUT2D eigenvalue weighted by molar-refractivity contribution is 6.30. The SMILES string of the molecule is C/C(=C\[C@@H](C)NC(=O)O)c1ccc(C#Cc2ccc(-c3ccc(Cl)cc3)cn2)cc1. The second-order valence-corrected chi connectivity index (χ2v) is 7.29. The smallest absolute Gasteiger partial charge is 0.405 e. The zero-order valence-corrected chi connectivity index (χ0v) is 17.4. The number of hydrogen-bond donors (Lipinski definition) is 2. The minimum Gasteiger partial charge on any atom is -0.465 e. The molecule has 2 N–H and O–H groups in total. The van der Waals surface area contributed by atoms with Crippen molar-refractivity contribution in [2.24, 2.45) is 0 Å². The first-order valence-corrected chi connectivity index (χ1v) is 9.81. The van der Waals surface area contributed by atoms with Crippen LogP contribution in [0, 0.1) is 11.8 Å². The van der Waals surface area contributed by atoms with Crippen molar-refractivity contribution in [3.05, 3.63) is 94.8 Å². The Morgan fingerprint density at radius 3 is 2.30 bits per heavy atom. The molecule has 1 heterocycles.